The first kappa shape index (κ1) is 16.1. The second-order valence-electron chi connectivity index (χ2n) is 6.04. The molecule has 1 aromatic heterocycles. The third-order valence-corrected chi connectivity index (χ3v) is 4.63. The first-order valence-corrected chi connectivity index (χ1v) is 8.29. The molecule has 2 N–H and O–H groups in total. The van der Waals surface area contributed by atoms with Crippen molar-refractivity contribution >= 4 is 11.3 Å². The van der Waals surface area contributed by atoms with Gasteiger partial charge in [0.1, 0.15) is 11.9 Å². The first-order valence-electron chi connectivity index (χ1n) is 7.47. The fourth-order valence-electron chi connectivity index (χ4n) is 2.39. The maximum atomic E-state index is 6.33. The van der Waals surface area contributed by atoms with Crippen molar-refractivity contribution in [2.75, 3.05) is 0 Å². The van der Waals surface area contributed by atoms with E-state index >= 15 is 0 Å². The fourth-order valence-corrected chi connectivity index (χ4v) is 3.41. The lowest BCUT2D eigenvalue weighted by Gasteiger charge is -2.24. The SMILES string of the molecule is Cc1ccc(C(C)C)c(OC(c2ccc(C)s2)C(C)N)c1. The van der Waals surface area contributed by atoms with Crippen LogP contribution in [-0.2, 0) is 0 Å². The molecule has 0 saturated heterocycles. The van der Waals surface area contributed by atoms with E-state index in [0.717, 1.165) is 5.75 Å². The minimum atomic E-state index is -0.0944. The summed E-state index contributed by atoms with van der Waals surface area (Å²) in [4.78, 5) is 2.48. The highest BCUT2D eigenvalue weighted by Gasteiger charge is 2.22. The average Bonchev–Trinajstić information content (AvgIpc) is 2.81. The van der Waals surface area contributed by atoms with Crippen LogP contribution < -0.4 is 10.5 Å². The monoisotopic (exact) mass is 303 g/mol. The summed E-state index contributed by atoms with van der Waals surface area (Å²) in [6.45, 7) is 10.6. The molecule has 0 aliphatic carbocycles. The summed E-state index contributed by atoms with van der Waals surface area (Å²) < 4.78 is 6.33. The van der Waals surface area contributed by atoms with Gasteiger partial charge in [-0.2, -0.15) is 0 Å². The largest absolute Gasteiger partial charge is 0.483 e. The van der Waals surface area contributed by atoms with E-state index in [0.29, 0.717) is 5.92 Å². The van der Waals surface area contributed by atoms with Crippen LogP contribution >= 0.6 is 11.3 Å². The van der Waals surface area contributed by atoms with Gasteiger partial charge in [0.2, 0.25) is 0 Å². The Kier molecular flexibility index (Phi) is 5.07. The molecule has 1 heterocycles. The molecular formula is C18H25NOS. The van der Waals surface area contributed by atoms with Gasteiger partial charge >= 0.3 is 0 Å². The molecule has 2 unspecified atom stereocenters. The van der Waals surface area contributed by atoms with Gasteiger partial charge in [-0.1, -0.05) is 26.0 Å². The number of nitrogens with two attached hydrogens (primary N) is 1. The molecule has 3 heteroatoms. The summed E-state index contributed by atoms with van der Waals surface area (Å²) in [6, 6.07) is 10.6. The molecule has 21 heavy (non-hydrogen) atoms. The number of hydrogen-bond donors (Lipinski definition) is 1. The van der Waals surface area contributed by atoms with E-state index in [4.69, 9.17) is 10.5 Å². The van der Waals surface area contributed by atoms with Crippen LogP contribution in [0.4, 0.5) is 0 Å². The Labute approximate surface area is 132 Å². The zero-order valence-corrected chi connectivity index (χ0v) is 14.3. The van der Waals surface area contributed by atoms with E-state index in [1.165, 1.54) is 20.9 Å². The number of aryl methyl sites for hydroxylation is 2. The predicted octanol–water partition coefficient (Wildman–Crippen LogP) is 4.96. The molecule has 0 spiro atoms. The zero-order valence-electron chi connectivity index (χ0n) is 13.5. The summed E-state index contributed by atoms with van der Waals surface area (Å²) in [5, 5.41) is 0. The van der Waals surface area contributed by atoms with Gasteiger partial charge < -0.3 is 10.5 Å². The van der Waals surface area contributed by atoms with E-state index in [2.05, 4.69) is 58.0 Å². The highest BCUT2D eigenvalue weighted by atomic mass is 32.1. The Hall–Kier alpha value is -1.32. The highest BCUT2D eigenvalue weighted by molar-refractivity contribution is 7.12. The van der Waals surface area contributed by atoms with Gasteiger partial charge in [0.05, 0.1) is 0 Å². The molecule has 2 atom stereocenters. The van der Waals surface area contributed by atoms with E-state index in [-0.39, 0.29) is 12.1 Å². The van der Waals surface area contributed by atoms with Crippen LogP contribution in [0, 0.1) is 13.8 Å². The Morgan fingerprint density at radius 3 is 2.29 bits per heavy atom. The van der Waals surface area contributed by atoms with Crippen molar-refractivity contribution in [2.24, 2.45) is 5.73 Å². The average molecular weight is 303 g/mol. The molecule has 0 aliphatic heterocycles. The minimum absolute atomic E-state index is 0.0522. The number of thiophene rings is 1. The van der Waals surface area contributed by atoms with Crippen LogP contribution in [0.15, 0.2) is 30.3 Å². The summed E-state index contributed by atoms with van der Waals surface area (Å²) in [5.41, 5.74) is 8.62. The van der Waals surface area contributed by atoms with Crippen molar-refractivity contribution < 1.29 is 4.74 Å². The van der Waals surface area contributed by atoms with Gasteiger partial charge in [-0.25, -0.2) is 0 Å². The van der Waals surface area contributed by atoms with Gasteiger partial charge in [-0.05, 0) is 56.0 Å². The third-order valence-electron chi connectivity index (χ3n) is 3.56. The number of rotatable bonds is 5. The van der Waals surface area contributed by atoms with Gasteiger partial charge in [-0.15, -0.1) is 11.3 Å². The summed E-state index contributed by atoms with van der Waals surface area (Å²) >= 11 is 1.76. The van der Waals surface area contributed by atoms with Gasteiger partial charge in [-0.3, -0.25) is 0 Å². The molecule has 2 rings (SSSR count). The molecule has 1 aromatic carbocycles. The van der Waals surface area contributed by atoms with E-state index < -0.39 is 0 Å². The molecule has 0 bridgehead atoms. The summed E-state index contributed by atoms with van der Waals surface area (Å²) in [7, 11) is 0. The Morgan fingerprint density at radius 2 is 1.76 bits per heavy atom. The molecule has 2 nitrogen and oxygen atoms in total. The molecule has 0 aliphatic rings. The van der Waals surface area contributed by atoms with Gasteiger partial charge in [0, 0.05) is 15.8 Å². The lowest BCUT2D eigenvalue weighted by atomic mass is 10.0. The lowest BCUT2D eigenvalue weighted by Crippen LogP contribution is -2.28. The van der Waals surface area contributed by atoms with Crippen molar-refractivity contribution in [1.29, 1.82) is 0 Å². The maximum absolute atomic E-state index is 6.33. The lowest BCUT2D eigenvalue weighted by molar-refractivity contribution is 0.181. The molecular weight excluding hydrogens is 278 g/mol. The second-order valence-corrected chi connectivity index (χ2v) is 7.36. The van der Waals surface area contributed by atoms with E-state index in [9.17, 15) is 0 Å². The third kappa shape index (κ3) is 3.86. The molecule has 0 fully saturated rings. The van der Waals surface area contributed by atoms with E-state index in [1.54, 1.807) is 11.3 Å². The topological polar surface area (TPSA) is 35.2 Å². The van der Waals surface area contributed by atoms with Crippen LogP contribution in [0.2, 0.25) is 0 Å². The normalized spacial score (nSPS) is 14.2. The number of benzene rings is 1. The molecule has 2 aromatic rings. The van der Waals surface area contributed by atoms with Crippen LogP contribution in [0.1, 0.15) is 53.7 Å². The van der Waals surface area contributed by atoms with Gasteiger partial charge in [0.15, 0.2) is 0 Å². The molecule has 0 amide bonds. The standard InChI is InChI=1S/C18H25NOS/c1-11(2)15-8-6-12(3)10-16(15)20-18(14(5)19)17-9-7-13(4)21-17/h6-11,14,18H,19H2,1-5H3. The highest BCUT2D eigenvalue weighted by Crippen LogP contribution is 2.34. The molecule has 0 radical (unpaired) electrons. The van der Waals surface area contributed by atoms with E-state index in [1.807, 2.05) is 6.92 Å². The molecule has 114 valence electrons. The maximum Gasteiger partial charge on any atom is 0.148 e. The quantitative estimate of drug-likeness (QED) is 0.847. The fraction of sp³-hybridized carbons (Fsp3) is 0.444. The summed E-state index contributed by atoms with van der Waals surface area (Å²) in [5.74, 6) is 1.39. The summed E-state index contributed by atoms with van der Waals surface area (Å²) in [6.07, 6.45) is -0.0944. The minimum Gasteiger partial charge on any atom is -0.483 e. The van der Waals surface area contributed by atoms with Gasteiger partial charge in [0.25, 0.3) is 0 Å². The van der Waals surface area contributed by atoms with Crippen LogP contribution in [0.5, 0.6) is 5.75 Å². The Morgan fingerprint density at radius 1 is 1.05 bits per heavy atom. The van der Waals surface area contributed by atoms with Crippen molar-refractivity contribution in [3.8, 4) is 5.75 Å². The van der Waals surface area contributed by atoms with Crippen molar-refractivity contribution in [3.05, 3.63) is 51.2 Å². The molecule has 0 saturated carbocycles. The predicted molar refractivity (Wildman–Crippen MR) is 91.3 cm³/mol. The van der Waals surface area contributed by atoms with Crippen LogP contribution in [0.3, 0.4) is 0 Å². The zero-order chi connectivity index (χ0) is 15.6. The van der Waals surface area contributed by atoms with Crippen LogP contribution in [0.25, 0.3) is 0 Å². The van der Waals surface area contributed by atoms with Crippen molar-refractivity contribution in [1.82, 2.24) is 0 Å². The van der Waals surface area contributed by atoms with Crippen LogP contribution in [-0.4, -0.2) is 6.04 Å². The Balaban J connectivity index is 2.35. The number of hydrogen-bond acceptors (Lipinski definition) is 3. The first-order chi connectivity index (χ1) is 9.88. The Bertz CT molecular complexity index is 601. The van der Waals surface area contributed by atoms with Crippen molar-refractivity contribution in [2.45, 2.75) is 52.7 Å². The second kappa shape index (κ2) is 6.63. The number of ether oxygens (including phenoxy) is 1. The smallest absolute Gasteiger partial charge is 0.148 e. The van der Waals surface area contributed by atoms with Crippen molar-refractivity contribution in [3.63, 3.8) is 0 Å².